The van der Waals surface area contributed by atoms with E-state index in [0.717, 1.165) is 15.5 Å². The van der Waals surface area contributed by atoms with Crippen molar-refractivity contribution in [2.24, 2.45) is 5.41 Å². The lowest BCUT2D eigenvalue weighted by atomic mass is 9.89. The van der Waals surface area contributed by atoms with Gasteiger partial charge in [0.15, 0.2) is 0 Å². The lowest BCUT2D eigenvalue weighted by Crippen LogP contribution is -2.47. The minimum Gasteiger partial charge on any atom is -0.496 e. The van der Waals surface area contributed by atoms with Crippen LogP contribution in [-0.4, -0.2) is 54.0 Å². The number of carboxylic acid groups (broad SMARTS) is 1. The van der Waals surface area contributed by atoms with Crippen molar-refractivity contribution >= 4 is 58.8 Å². The van der Waals surface area contributed by atoms with Gasteiger partial charge in [-0.1, -0.05) is 53.2 Å². The molecule has 10 heteroatoms. The molecule has 0 aromatic heterocycles. The van der Waals surface area contributed by atoms with Crippen molar-refractivity contribution in [2.45, 2.75) is 48.9 Å². The van der Waals surface area contributed by atoms with Crippen LogP contribution < -0.4 is 10.1 Å². The molecule has 0 bridgehead atoms. The topological polar surface area (TPSA) is 95.9 Å². The van der Waals surface area contributed by atoms with Crippen LogP contribution in [0, 0.1) is 5.41 Å². The third-order valence-corrected chi connectivity index (χ3v) is 8.25. The Morgan fingerprint density at radius 1 is 1.11 bits per heavy atom. The Morgan fingerprint density at radius 2 is 1.78 bits per heavy atom. The maximum Gasteiger partial charge on any atom is 0.309 e. The molecule has 0 saturated carbocycles. The van der Waals surface area contributed by atoms with Crippen LogP contribution >= 0.6 is 35.0 Å². The van der Waals surface area contributed by atoms with Crippen molar-refractivity contribution in [3.63, 3.8) is 0 Å². The number of nitrogens with one attached hydrogen (secondary N) is 1. The van der Waals surface area contributed by atoms with Crippen LogP contribution in [0.4, 0.5) is 0 Å². The van der Waals surface area contributed by atoms with Crippen LogP contribution in [0.15, 0.2) is 52.3 Å². The summed E-state index contributed by atoms with van der Waals surface area (Å²) in [4.78, 5) is 39.6. The molecule has 1 fully saturated rings. The molecular formula is C27H30Cl2N2O5S. The number of amides is 2. The van der Waals surface area contributed by atoms with Gasteiger partial charge in [0.1, 0.15) is 5.75 Å². The normalized spacial score (nSPS) is 14.6. The van der Waals surface area contributed by atoms with Gasteiger partial charge in [0.2, 0.25) is 11.8 Å². The second-order valence-electron chi connectivity index (χ2n) is 9.40. The maximum atomic E-state index is 12.7. The molecule has 2 aromatic carbocycles. The van der Waals surface area contributed by atoms with Gasteiger partial charge in [-0.3, -0.25) is 14.4 Å². The largest absolute Gasteiger partial charge is 0.496 e. The fourth-order valence-corrected chi connectivity index (χ4v) is 5.38. The number of rotatable bonds is 9. The van der Waals surface area contributed by atoms with Gasteiger partial charge in [-0.2, -0.15) is 0 Å². The Kier molecular flexibility index (Phi) is 9.93. The summed E-state index contributed by atoms with van der Waals surface area (Å²) in [5, 5.41) is 12.8. The third-order valence-electron chi connectivity index (χ3n) is 6.12. The second kappa shape index (κ2) is 12.7. The molecule has 0 aliphatic carbocycles. The number of carbonyl (C=O) groups excluding carboxylic acids is 2. The fourth-order valence-electron chi connectivity index (χ4n) is 3.84. The molecular weight excluding hydrogens is 535 g/mol. The van der Waals surface area contributed by atoms with E-state index in [4.69, 9.17) is 27.9 Å². The molecule has 198 valence electrons. The number of aliphatic carboxylic acids is 1. The Hall–Kier alpha value is -2.68. The Morgan fingerprint density at radius 3 is 2.43 bits per heavy atom. The van der Waals surface area contributed by atoms with Crippen LogP contribution in [0.3, 0.4) is 0 Å². The molecule has 0 radical (unpaired) electrons. The summed E-state index contributed by atoms with van der Waals surface area (Å²) in [6.07, 6.45) is 4.22. The van der Waals surface area contributed by atoms with Gasteiger partial charge >= 0.3 is 5.97 Å². The molecule has 1 heterocycles. The van der Waals surface area contributed by atoms with Gasteiger partial charge in [0.05, 0.1) is 27.5 Å². The number of benzene rings is 2. The first-order chi connectivity index (χ1) is 17.5. The lowest BCUT2D eigenvalue weighted by molar-refractivity contribution is -0.149. The number of carboxylic acids is 1. The molecule has 2 aromatic rings. The van der Waals surface area contributed by atoms with E-state index in [1.807, 2.05) is 36.4 Å². The molecule has 37 heavy (non-hydrogen) atoms. The average Bonchev–Trinajstić information content (AvgIpc) is 2.86. The number of carbonyl (C=O) groups is 3. The highest BCUT2D eigenvalue weighted by atomic mass is 35.5. The van der Waals surface area contributed by atoms with Crippen molar-refractivity contribution in [3.05, 3.63) is 58.1 Å². The Balaban J connectivity index is 1.56. The number of halogens is 2. The SMILES string of the molecule is COc1ccccc1Sc1ccc(C=CC(=O)N2CCC(NC(=O)CC(C)(C)C(=O)O)CC2)c(Cl)c1Cl. The zero-order valence-corrected chi connectivity index (χ0v) is 23.3. The predicted octanol–water partition coefficient (Wildman–Crippen LogP) is 5.77. The molecule has 1 aliphatic heterocycles. The quantitative estimate of drug-likeness (QED) is 0.375. The first kappa shape index (κ1) is 28.9. The molecule has 7 nitrogen and oxygen atoms in total. The van der Waals surface area contributed by atoms with Gasteiger partial charge in [-0.05, 0) is 56.5 Å². The van der Waals surface area contributed by atoms with Crippen LogP contribution in [0.25, 0.3) is 6.08 Å². The highest BCUT2D eigenvalue weighted by molar-refractivity contribution is 7.99. The zero-order valence-electron chi connectivity index (χ0n) is 20.9. The molecule has 0 unspecified atom stereocenters. The van der Waals surface area contributed by atoms with Crippen LogP contribution in [-0.2, 0) is 14.4 Å². The fraction of sp³-hybridized carbons (Fsp3) is 0.370. The van der Waals surface area contributed by atoms with E-state index < -0.39 is 11.4 Å². The number of methoxy groups -OCH3 is 1. The Labute approximate surface area is 231 Å². The van der Waals surface area contributed by atoms with Gasteiger partial charge in [-0.15, -0.1) is 0 Å². The van der Waals surface area contributed by atoms with E-state index in [0.29, 0.717) is 41.5 Å². The van der Waals surface area contributed by atoms with Gasteiger partial charge in [-0.25, -0.2) is 0 Å². The van der Waals surface area contributed by atoms with Crippen LogP contribution in [0.5, 0.6) is 5.75 Å². The number of hydrogen-bond donors (Lipinski definition) is 2. The number of hydrogen-bond acceptors (Lipinski definition) is 5. The minimum atomic E-state index is -1.12. The highest BCUT2D eigenvalue weighted by Gasteiger charge is 2.31. The summed E-state index contributed by atoms with van der Waals surface area (Å²) in [6.45, 7) is 4.02. The number of para-hydroxylation sites is 1. The highest BCUT2D eigenvalue weighted by Crippen LogP contribution is 2.42. The van der Waals surface area contributed by atoms with E-state index in [2.05, 4.69) is 5.32 Å². The van der Waals surface area contributed by atoms with Gasteiger partial charge in [0, 0.05) is 36.5 Å². The summed E-state index contributed by atoms with van der Waals surface area (Å²) >= 11 is 14.5. The molecule has 2 N–H and O–H groups in total. The van der Waals surface area contributed by atoms with E-state index in [1.165, 1.54) is 31.7 Å². The smallest absolute Gasteiger partial charge is 0.309 e. The summed E-state index contributed by atoms with van der Waals surface area (Å²) in [5.74, 6) is -0.727. The monoisotopic (exact) mass is 564 g/mol. The summed E-state index contributed by atoms with van der Waals surface area (Å²) in [5.41, 5.74) is -0.492. The first-order valence-electron chi connectivity index (χ1n) is 11.8. The minimum absolute atomic E-state index is 0.0911. The first-order valence-corrected chi connectivity index (χ1v) is 13.4. The van der Waals surface area contributed by atoms with Crippen LogP contribution in [0.1, 0.15) is 38.7 Å². The molecule has 1 saturated heterocycles. The van der Waals surface area contributed by atoms with Gasteiger partial charge in [0.25, 0.3) is 0 Å². The Bertz CT molecular complexity index is 1190. The zero-order chi connectivity index (χ0) is 27.2. The van der Waals surface area contributed by atoms with Crippen LogP contribution in [0.2, 0.25) is 10.0 Å². The molecule has 0 spiro atoms. The lowest BCUT2D eigenvalue weighted by Gasteiger charge is -2.32. The van der Waals surface area contributed by atoms with Crippen molar-refractivity contribution in [2.75, 3.05) is 20.2 Å². The van der Waals surface area contributed by atoms with E-state index >= 15 is 0 Å². The molecule has 3 rings (SSSR count). The standard InChI is InChI=1S/C27H30Cl2N2O5S/c1-27(2,26(34)35)16-22(32)30-18-12-14-31(15-13-18)23(33)11-9-17-8-10-21(25(29)24(17)28)37-20-7-5-4-6-19(20)36-3/h4-11,18H,12-16H2,1-3H3,(H,30,32)(H,34,35). The van der Waals surface area contributed by atoms with Crippen molar-refractivity contribution in [1.29, 1.82) is 0 Å². The van der Waals surface area contributed by atoms with E-state index in [1.54, 1.807) is 18.1 Å². The summed E-state index contributed by atoms with van der Waals surface area (Å²) in [6, 6.07) is 11.2. The third kappa shape index (κ3) is 7.66. The van der Waals surface area contributed by atoms with Crippen molar-refractivity contribution in [3.8, 4) is 5.75 Å². The summed E-state index contributed by atoms with van der Waals surface area (Å²) < 4.78 is 5.39. The second-order valence-corrected chi connectivity index (χ2v) is 11.2. The number of ether oxygens (including phenoxy) is 1. The maximum absolute atomic E-state index is 12.7. The van der Waals surface area contributed by atoms with Gasteiger partial charge < -0.3 is 20.1 Å². The van der Waals surface area contributed by atoms with E-state index in [9.17, 15) is 19.5 Å². The van der Waals surface area contributed by atoms with Crippen molar-refractivity contribution in [1.82, 2.24) is 10.2 Å². The van der Waals surface area contributed by atoms with E-state index in [-0.39, 0.29) is 24.3 Å². The average molecular weight is 566 g/mol. The number of likely N-dealkylation sites (tertiary alicyclic amines) is 1. The molecule has 2 amide bonds. The summed E-state index contributed by atoms with van der Waals surface area (Å²) in [7, 11) is 1.61. The van der Waals surface area contributed by atoms with Crippen molar-refractivity contribution < 1.29 is 24.2 Å². The molecule has 0 atom stereocenters. The number of nitrogens with zero attached hydrogens (tertiary/aromatic N) is 1. The number of piperidine rings is 1. The molecule has 1 aliphatic rings. The predicted molar refractivity (Wildman–Crippen MR) is 146 cm³/mol.